The van der Waals surface area contributed by atoms with Gasteiger partial charge in [-0.15, -0.1) is 12.3 Å². The largest absolute Gasteiger partial charge is 0.329 e. The molecule has 1 aliphatic heterocycles. The molecule has 0 aliphatic carbocycles. The number of nitrogens with zero attached hydrogens (tertiary/aromatic N) is 1. The van der Waals surface area contributed by atoms with Crippen LogP contribution in [0.2, 0.25) is 0 Å². The van der Waals surface area contributed by atoms with E-state index in [0.717, 1.165) is 25.9 Å². The zero-order valence-electron chi connectivity index (χ0n) is 9.76. The van der Waals surface area contributed by atoms with Crippen LogP contribution in [0.5, 0.6) is 0 Å². The minimum Gasteiger partial charge on any atom is -0.329 e. The first-order valence-electron chi connectivity index (χ1n) is 5.79. The van der Waals surface area contributed by atoms with Crippen LogP contribution in [0.15, 0.2) is 0 Å². The zero-order chi connectivity index (χ0) is 11.1. The predicted octanol–water partition coefficient (Wildman–Crippen LogP) is 0.413. The highest BCUT2D eigenvalue weighted by Crippen LogP contribution is 2.20. The van der Waals surface area contributed by atoms with E-state index in [1.807, 2.05) is 0 Å². The second-order valence-electron chi connectivity index (χ2n) is 4.52. The van der Waals surface area contributed by atoms with Gasteiger partial charge in [0.15, 0.2) is 0 Å². The van der Waals surface area contributed by atoms with Gasteiger partial charge < -0.3 is 16.0 Å². The summed E-state index contributed by atoms with van der Waals surface area (Å²) in [5, 5.41) is 3.55. The smallest absolute Gasteiger partial charge is 0.0317 e. The SMILES string of the molecule is C#CCCNC1(CN)CCCN(C)CC1. The van der Waals surface area contributed by atoms with Crippen LogP contribution >= 0.6 is 0 Å². The summed E-state index contributed by atoms with van der Waals surface area (Å²) in [4.78, 5) is 2.38. The van der Waals surface area contributed by atoms with E-state index in [0.29, 0.717) is 6.54 Å². The molecule has 0 radical (unpaired) electrons. The molecule has 1 atom stereocenters. The summed E-state index contributed by atoms with van der Waals surface area (Å²) in [6.45, 7) is 3.90. The standard InChI is InChI=1S/C12H23N3/c1-3-4-8-14-12(11-13)6-5-9-15(2)10-7-12/h1,14H,4-11,13H2,2H3. The van der Waals surface area contributed by atoms with E-state index in [9.17, 15) is 0 Å². The van der Waals surface area contributed by atoms with Crippen molar-refractivity contribution >= 4 is 0 Å². The Morgan fingerprint density at radius 3 is 2.93 bits per heavy atom. The first-order chi connectivity index (χ1) is 7.22. The molecule has 3 heteroatoms. The molecule has 0 aromatic carbocycles. The van der Waals surface area contributed by atoms with Crippen molar-refractivity contribution in [2.45, 2.75) is 31.2 Å². The molecule has 1 fully saturated rings. The molecular formula is C12H23N3. The van der Waals surface area contributed by atoms with Gasteiger partial charge in [0.2, 0.25) is 0 Å². The van der Waals surface area contributed by atoms with Crippen LogP contribution in [0.1, 0.15) is 25.7 Å². The molecule has 1 unspecified atom stereocenters. The van der Waals surface area contributed by atoms with Crippen LogP contribution in [-0.4, -0.2) is 43.7 Å². The highest BCUT2D eigenvalue weighted by atomic mass is 15.1. The van der Waals surface area contributed by atoms with E-state index in [1.165, 1.54) is 19.4 Å². The summed E-state index contributed by atoms with van der Waals surface area (Å²) >= 11 is 0. The van der Waals surface area contributed by atoms with Gasteiger partial charge in [0.05, 0.1) is 0 Å². The topological polar surface area (TPSA) is 41.3 Å². The van der Waals surface area contributed by atoms with Crippen molar-refractivity contribution in [3.05, 3.63) is 0 Å². The number of rotatable bonds is 4. The minimum absolute atomic E-state index is 0.127. The second kappa shape index (κ2) is 6.12. The van der Waals surface area contributed by atoms with Crippen molar-refractivity contribution in [1.82, 2.24) is 10.2 Å². The van der Waals surface area contributed by atoms with Crippen molar-refractivity contribution in [3.8, 4) is 12.3 Å². The average molecular weight is 209 g/mol. The van der Waals surface area contributed by atoms with Crippen molar-refractivity contribution < 1.29 is 0 Å². The van der Waals surface area contributed by atoms with E-state index in [2.05, 4.69) is 23.2 Å². The zero-order valence-corrected chi connectivity index (χ0v) is 9.76. The van der Waals surface area contributed by atoms with Gasteiger partial charge in [-0.2, -0.15) is 0 Å². The molecule has 3 nitrogen and oxygen atoms in total. The van der Waals surface area contributed by atoms with Crippen LogP contribution in [0, 0.1) is 12.3 Å². The highest BCUT2D eigenvalue weighted by molar-refractivity contribution is 4.94. The fourth-order valence-corrected chi connectivity index (χ4v) is 2.18. The number of nitrogens with one attached hydrogen (secondary N) is 1. The van der Waals surface area contributed by atoms with Crippen LogP contribution in [-0.2, 0) is 0 Å². The molecule has 1 rings (SSSR count). The molecular weight excluding hydrogens is 186 g/mol. The fourth-order valence-electron chi connectivity index (χ4n) is 2.18. The monoisotopic (exact) mass is 209 g/mol. The molecule has 3 N–H and O–H groups in total. The Kier molecular flexibility index (Phi) is 5.10. The average Bonchev–Trinajstić information content (AvgIpc) is 2.42. The number of hydrogen-bond donors (Lipinski definition) is 2. The van der Waals surface area contributed by atoms with E-state index < -0.39 is 0 Å². The van der Waals surface area contributed by atoms with Crippen molar-refractivity contribution in [2.75, 3.05) is 33.2 Å². The lowest BCUT2D eigenvalue weighted by Crippen LogP contribution is -2.52. The van der Waals surface area contributed by atoms with Crippen LogP contribution < -0.4 is 11.1 Å². The lowest BCUT2D eigenvalue weighted by atomic mass is 9.90. The molecule has 86 valence electrons. The van der Waals surface area contributed by atoms with Gasteiger partial charge in [0, 0.05) is 25.0 Å². The molecule has 0 bridgehead atoms. The van der Waals surface area contributed by atoms with Gasteiger partial charge in [0.25, 0.3) is 0 Å². The van der Waals surface area contributed by atoms with E-state index >= 15 is 0 Å². The third-order valence-corrected chi connectivity index (χ3v) is 3.33. The Labute approximate surface area is 93.4 Å². The van der Waals surface area contributed by atoms with Crippen molar-refractivity contribution in [1.29, 1.82) is 0 Å². The Morgan fingerprint density at radius 1 is 1.47 bits per heavy atom. The van der Waals surface area contributed by atoms with Gasteiger partial charge in [-0.25, -0.2) is 0 Å². The third kappa shape index (κ3) is 3.83. The van der Waals surface area contributed by atoms with Gasteiger partial charge in [-0.3, -0.25) is 0 Å². The van der Waals surface area contributed by atoms with Crippen molar-refractivity contribution in [2.24, 2.45) is 5.73 Å². The normalized spacial score (nSPS) is 28.3. The summed E-state index contributed by atoms with van der Waals surface area (Å²) in [7, 11) is 2.17. The maximum atomic E-state index is 5.90. The van der Waals surface area contributed by atoms with E-state index in [-0.39, 0.29) is 5.54 Å². The lowest BCUT2D eigenvalue weighted by molar-refractivity contribution is 0.285. The molecule has 1 saturated heterocycles. The second-order valence-corrected chi connectivity index (χ2v) is 4.52. The number of hydrogen-bond acceptors (Lipinski definition) is 3. The molecule has 1 aliphatic rings. The van der Waals surface area contributed by atoms with Crippen LogP contribution in [0.3, 0.4) is 0 Å². The fraction of sp³-hybridized carbons (Fsp3) is 0.833. The Hall–Kier alpha value is -0.560. The minimum atomic E-state index is 0.127. The quantitative estimate of drug-likeness (QED) is 0.520. The number of terminal acetylenes is 1. The van der Waals surface area contributed by atoms with Gasteiger partial charge >= 0.3 is 0 Å². The Balaban J connectivity index is 2.47. The molecule has 0 spiro atoms. The summed E-state index contributed by atoms with van der Waals surface area (Å²) in [6, 6.07) is 0. The summed E-state index contributed by atoms with van der Waals surface area (Å²) in [5.41, 5.74) is 6.03. The third-order valence-electron chi connectivity index (χ3n) is 3.33. The molecule has 1 heterocycles. The Morgan fingerprint density at radius 2 is 2.27 bits per heavy atom. The van der Waals surface area contributed by atoms with Gasteiger partial charge in [0.1, 0.15) is 0 Å². The lowest BCUT2D eigenvalue weighted by Gasteiger charge is -2.32. The first-order valence-corrected chi connectivity index (χ1v) is 5.79. The molecule has 0 saturated carbocycles. The van der Waals surface area contributed by atoms with E-state index in [1.54, 1.807) is 0 Å². The maximum Gasteiger partial charge on any atom is 0.0317 e. The van der Waals surface area contributed by atoms with Crippen LogP contribution in [0.25, 0.3) is 0 Å². The van der Waals surface area contributed by atoms with Gasteiger partial charge in [-0.05, 0) is 39.4 Å². The summed E-state index contributed by atoms with van der Waals surface area (Å²) in [5.74, 6) is 2.66. The first kappa shape index (κ1) is 12.5. The molecule has 0 amide bonds. The summed E-state index contributed by atoms with van der Waals surface area (Å²) in [6.07, 6.45) is 9.56. The van der Waals surface area contributed by atoms with E-state index in [4.69, 9.17) is 12.2 Å². The van der Waals surface area contributed by atoms with Crippen molar-refractivity contribution in [3.63, 3.8) is 0 Å². The van der Waals surface area contributed by atoms with Gasteiger partial charge in [-0.1, -0.05) is 0 Å². The summed E-state index contributed by atoms with van der Waals surface area (Å²) < 4.78 is 0. The number of likely N-dealkylation sites (tertiary alicyclic amines) is 1. The number of nitrogens with two attached hydrogens (primary N) is 1. The molecule has 0 aromatic heterocycles. The Bertz CT molecular complexity index is 221. The van der Waals surface area contributed by atoms with Crippen LogP contribution in [0.4, 0.5) is 0 Å². The highest BCUT2D eigenvalue weighted by Gasteiger charge is 2.29. The molecule has 0 aromatic rings. The predicted molar refractivity (Wildman–Crippen MR) is 64.6 cm³/mol. The molecule has 15 heavy (non-hydrogen) atoms. The maximum absolute atomic E-state index is 5.90.